The number of piperazine rings is 1. The largest absolute Gasteiger partial charge is 0.424 e. The van der Waals surface area contributed by atoms with Gasteiger partial charge in [-0.3, -0.25) is 0 Å². The van der Waals surface area contributed by atoms with E-state index in [-0.39, 0.29) is 23.9 Å². The predicted molar refractivity (Wildman–Crippen MR) is 150 cm³/mol. The molecule has 4 heterocycles. The molecule has 0 aliphatic carbocycles. The summed E-state index contributed by atoms with van der Waals surface area (Å²) in [6.45, 7) is 4.74. The van der Waals surface area contributed by atoms with Gasteiger partial charge in [-0.25, -0.2) is 19.2 Å². The maximum Gasteiger partial charge on any atom is 0.322 e. The molecule has 0 saturated carbocycles. The second kappa shape index (κ2) is 11.8. The monoisotopic (exact) mass is 542 g/mol. The van der Waals surface area contributed by atoms with Gasteiger partial charge in [0, 0.05) is 55.7 Å². The van der Waals surface area contributed by atoms with Gasteiger partial charge in [0.25, 0.3) is 0 Å². The van der Waals surface area contributed by atoms with E-state index < -0.39 is 0 Å². The van der Waals surface area contributed by atoms with Crippen molar-refractivity contribution in [2.24, 2.45) is 0 Å². The van der Waals surface area contributed by atoms with Crippen LogP contribution in [0.25, 0.3) is 22.6 Å². The van der Waals surface area contributed by atoms with E-state index in [0.717, 1.165) is 56.0 Å². The molecule has 0 spiro atoms. The first-order chi connectivity index (χ1) is 19.6. The number of hydrogen-bond donors (Lipinski definition) is 3. The molecule has 6 rings (SSSR count). The molecule has 10 nitrogen and oxygen atoms in total. The van der Waals surface area contributed by atoms with Gasteiger partial charge in [0.2, 0.25) is 0 Å². The molecule has 3 N–H and O–H groups in total. The van der Waals surface area contributed by atoms with E-state index in [1.807, 2.05) is 24.5 Å². The van der Waals surface area contributed by atoms with Gasteiger partial charge in [0.15, 0.2) is 0 Å². The summed E-state index contributed by atoms with van der Waals surface area (Å²) in [4.78, 5) is 28.2. The first-order valence-electron chi connectivity index (χ1n) is 13.6. The Labute approximate surface area is 231 Å². The van der Waals surface area contributed by atoms with Crippen LogP contribution in [0.5, 0.6) is 11.8 Å². The minimum Gasteiger partial charge on any atom is -0.424 e. The molecule has 206 valence electrons. The number of ether oxygens (including phenoxy) is 1. The number of aromatic nitrogens is 4. The molecule has 0 bridgehead atoms. The SMILES string of the molecule is O=C(Nc1cccc(Oc2nccc(-c3c(-c4ccc(F)cc4)ncn3C3CCNCC3)n2)c1)N1CCNCC1. The molecule has 0 unspecified atom stereocenters. The molecule has 2 fully saturated rings. The van der Waals surface area contributed by atoms with Crippen LogP contribution in [0.15, 0.2) is 67.1 Å². The highest BCUT2D eigenvalue weighted by Gasteiger charge is 2.24. The number of nitrogens with zero attached hydrogens (tertiary/aromatic N) is 5. The van der Waals surface area contributed by atoms with Gasteiger partial charge in [-0.1, -0.05) is 6.07 Å². The van der Waals surface area contributed by atoms with Crippen molar-refractivity contribution >= 4 is 11.7 Å². The highest BCUT2D eigenvalue weighted by Crippen LogP contribution is 2.35. The fourth-order valence-corrected chi connectivity index (χ4v) is 5.13. The number of amides is 2. The van der Waals surface area contributed by atoms with Gasteiger partial charge in [-0.15, -0.1) is 0 Å². The van der Waals surface area contributed by atoms with Gasteiger partial charge < -0.3 is 30.2 Å². The van der Waals surface area contributed by atoms with Crippen molar-refractivity contribution in [3.63, 3.8) is 0 Å². The Kier molecular flexibility index (Phi) is 7.64. The maximum absolute atomic E-state index is 13.7. The second-order valence-electron chi connectivity index (χ2n) is 9.86. The van der Waals surface area contributed by atoms with Gasteiger partial charge >= 0.3 is 12.0 Å². The smallest absolute Gasteiger partial charge is 0.322 e. The Balaban J connectivity index is 1.27. The zero-order chi connectivity index (χ0) is 27.3. The van der Waals surface area contributed by atoms with Crippen LogP contribution in [-0.4, -0.2) is 69.7 Å². The molecular formula is C29H31FN8O2. The lowest BCUT2D eigenvalue weighted by Crippen LogP contribution is -2.48. The van der Waals surface area contributed by atoms with E-state index in [2.05, 4.69) is 25.5 Å². The Hall–Kier alpha value is -4.35. The van der Waals surface area contributed by atoms with Crippen molar-refractivity contribution < 1.29 is 13.9 Å². The molecule has 4 aromatic rings. The quantitative estimate of drug-likeness (QED) is 0.333. The molecule has 2 aliphatic heterocycles. The van der Waals surface area contributed by atoms with Crippen LogP contribution in [0.4, 0.5) is 14.9 Å². The van der Waals surface area contributed by atoms with Gasteiger partial charge in [0.1, 0.15) is 11.6 Å². The number of carbonyl (C=O) groups excluding carboxylic acids is 1. The van der Waals surface area contributed by atoms with Gasteiger partial charge in [-0.05, 0) is 68.4 Å². The van der Waals surface area contributed by atoms with Crippen LogP contribution in [0.2, 0.25) is 0 Å². The Morgan fingerprint density at radius 3 is 2.55 bits per heavy atom. The number of imidazole rings is 1. The van der Waals surface area contributed by atoms with E-state index in [1.165, 1.54) is 12.1 Å². The van der Waals surface area contributed by atoms with Crippen LogP contribution < -0.4 is 20.7 Å². The molecule has 40 heavy (non-hydrogen) atoms. The van der Waals surface area contributed by atoms with Crippen LogP contribution in [0.1, 0.15) is 18.9 Å². The Morgan fingerprint density at radius 2 is 1.75 bits per heavy atom. The lowest BCUT2D eigenvalue weighted by atomic mass is 10.0. The summed E-state index contributed by atoms with van der Waals surface area (Å²) in [5.41, 5.74) is 3.64. The topological polar surface area (TPSA) is 109 Å². The van der Waals surface area contributed by atoms with Crippen molar-refractivity contribution in [1.29, 1.82) is 0 Å². The van der Waals surface area contributed by atoms with Crippen LogP contribution in [-0.2, 0) is 0 Å². The number of benzene rings is 2. The molecule has 2 saturated heterocycles. The minimum absolute atomic E-state index is 0.142. The number of nitrogens with one attached hydrogen (secondary N) is 3. The van der Waals surface area contributed by atoms with E-state index in [0.29, 0.717) is 30.2 Å². The number of rotatable bonds is 6. The second-order valence-corrected chi connectivity index (χ2v) is 9.86. The van der Waals surface area contributed by atoms with E-state index in [4.69, 9.17) is 14.7 Å². The third-order valence-corrected chi connectivity index (χ3v) is 7.19. The number of anilines is 1. The first kappa shape index (κ1) is 25.9. The standard InChI is InChI=1S/C29H31FN8O2/c30-21-6-4-20(5-7-21)26-27(38(19-34-26)23-8-11-31-12-9-23)25-10-13-33-28(36-25)40-24-3-1-2-22(18-24)35-29(39)37-16-14-32-15-17-37/h1-7,10,13,18-19,23,31-32H,8-9,11-12,14-17H2,(H,35,39). The maximum atomic E-state index is 13.7. The summed E-state index contributed by atoms with van der Waals surface area (Å²) in [5.74, 6) is 0.202. The number of halogens is 1. The third kappa shape index (κ3) is 5.80. The Morgan fingerprint density at radius 1 is 0.975 bits per heavy atom. The zero-order valence-electron chi connectivity index (χ0n) is 22.0. The highest BCUT2D eigenvalue weighted by atomic mass is 19.1. The van der Waals surface area contributed by atoms with Crippen molar-refractivity contribution in [3.8, 4) is 34.4 Å². The molecule has 0 atom stereocenters. The van der Waals surface area contributed by atoms with Crippen LogP contribution >= 0.6 is 0 Å². The lowest BCUT2D eigenvalue weighted by molar-refractivity contribution is 0.204. The third-order valence-electron chi connectivity index (χ3n) is 7.19. The molecule has 2 aliphatic rings. The predicted octanol–water partition coefficient (Wildman–Crippen LogP) is 4.30. The van der Waals surface area contributed by atoms with E-state index in [9.17, 15) is 9.18 Å². The van der Waals surface area contributed by atoms with Crippen molar-refractivity contribution in [3.05, 3.63) is 72.9 Å². The average molecular weight is 543 g/mol. The van der Waals surface area contributed by atoms with E-state index in [1.54, 1.807) is 35.4 Å². The zero-order valence-corrected chi connectivity index (χ0v) is 22.0. The number of carbonyl (C=O) groups is 1. The fraction of sp³-hybridized carbons (Fsp3) is 0.310. The highest BCUT2D eigenvalue weighted by molar-refractivity contribution is 5.89. The fourth-order valence-electron chi connectivity index (χ4n) is 5.13. The van der Waals surface area contributed by atoms with Crippen LogP contribution in [0, 0.1) is 5.82 Å². The average Bonchev–Trinajstić information content (AvgIpc) is 3.44. The molecular weight excluding hydrogens is 511 g/mol. The van der Waals surface area contributed by atoms with Crippen molar-refractivity contribution in [1.82, 2.24) is 35.1 Å². The molecule has 2 aromatic carbocycles. The summed E-state index contributed by atoms with van der Waals surface area (Å²) >= 11 is 0. The van der Waals surface area contributed by atoms with Crippen LogP contribution in [0.3, 0.4) is 0 Å². The number of hydrogen-bond acceptors (Lipinski definition) is 7. The summed E-state index contributed by atoms with van der Waals surface area (Å²) in [6.07, 6.45) is 5.43. The summed E-state index contributed by atoms with van der Waals surface area (Å²) in [5, 5.41) is 9.59. The molecule has 2 aromatic heterocycles. The summed E-state index contributed by atoms with van der Waals surface area (Å²) in [7, 11) is 0. The molecule has 11 heteroatoms. The summed E-state index contributed by atoms with van der Waals surface area (Å²) < 4.78 is 21.9. The number of urea groups is 1. The van der Waals surface area contributed by atoms with Crippen molar-refractivity contribution in [2.45, 2.75) is 18.9 Å². The van der Waals surface area contributed by atoms with Crippen molar-refractivity contribution in [2.75, 3.05) is 44.6 Å². The molecule has 0 radical (unpaired) electrons. The molecule has 2 amide bonds. The normalized spacial score (nSPS) is 16.1. The lowest BCUT2D eigenvalue weighted by Gasteiger charge is -2.27. The summed E-state index contributed by atoms with van der Waals surface area (Å²) in [6, 6.07) is 15.6. The minimum atomic E-state index is -0.299. The first-order valence-corrected chi connectivity index (χ1v) is 13.6. The number of piperidine rings is 1. The van der Waals surface area contributed by atoms with E-state index >= 15 is 0 Å². The van der Waals surface area contributed by atoms with Gasteiger partial charge in [0.05, 0.1) is 23.4 Å². The van der Waals surface area contributed by atoms with Gasteiger partial charge in [-0.2, -0.15) is 4.98 Å². The Bertz CT molecular complexity index is 1460.